The van der Waals surface area contributed by atoms with E-state index in [0.29, 0.717) is 17.7 Å². The molecule has 2 N–H and O–H groups in total. The van der Waals surface area contributed by atoms with Crippen molar-refractivity contribution < 1.29 is 18.6 Å². The molecular weight excluding hydrogens is 372 g/mol. The summed E-state index contributed by atoms with van der Waals surface area (Å²) in [5.74, 6) is -0.501. The van der Waals surface area contributed by atoms with Gasteiger partial charge in [0.1, 0.15) is 11.6 Å². The predicted octanol–water partition coefficient (Wildman–Crippen LogP) is 6.28. The Morgan fingerprint density at radius 2 is 2.00 bits per heavy atom. The number of methoxy groups -OCH3 is 1. The second kappa shape index (κ2) is 10.5. The lowest BCUT2D eigenvalue weighted by Gasteiger charge is -2.22. The van der Waals surface area contributed by atoms with Gasteiger partial charge >= 0.3 is 0 Å². The highest BCUT2D eigenvalue weighted by molar-refractivity contribution is 5.76. The molecule has 0 fully saturated rings. The monoisotopic (exact) mass is 399 g/mol. The molecule has 0 saturated carbocycles. The highest BCUT2D eigenvalue weighted by Gasteiger charge is 2.16. The van der Waals surface area contributed by atoms with E-state index in [4.69, 9.17) is 4.74 Å². The summed E-state index contributed by atoms with van der Waals surface area (Å²) in [4.78, 5) is 0. The lowest BCUT2D eigenvalue weighted by Crippen LogP contribution is -2.21. The van der Waals surface area contributed by atoms with Crippen LogP contribution < -0.4 is 10.1 Å². The van der Waals surface area contributed by atoms with Crippen LogP contribution in [-0.2, 0) is 0 Å². The molecule has 0 radical (unpaired) electrons. The van der Waals surface area contributed by atoms with Crippen molar-refractivity contribution in [3.05, 3.63) is 89.7 Å². The maximum Gasteiger partial charge on any atom is 0.161 e. The second-order valence-electron chi connectivity index (χ2n) is 6.59. The Hall–Kier alpha value is -3.08. The molecular formula is C24H27F2NO2. The van der Waals surface area contributed by atoms with Crippen molar-refractivity contribution in [1.82, 2.24) is 5.32 Å². The van der Waals surface area contributed by atoms with E-state index in [1.54, 1.807) is 24.3 Å². The molecule has 0 aliphatic rings. The lowest BCUT2D eigenvalue weighted by atomic mass is 10.00. The number of halogens is 2. The van der Waals surface area contributed by atoms with Crippen LogP contribution in [0.25, 0.3) is 5.57 Å². The summed E-state index contributed by atoms with van der Waals surface area (Å²) in [5, 5.41) is 13.1. The minimum Gasteiger partial charge on any atom is -0.504 e. The topological polar surface area (TPSA) is 41.5 Å². The van der Waals surface area contributed by atoms with E-state index in [0.717, 1.165) is 35.4 Å². The van der Waals surface area contributed by atoms with Gasteiger partial charge in [-0.05, 0) is 60.9 Å². The molecule has 0 spiro atoms. The van der Waals surface area contributed by atoms with Gasteiger partial charge in [0, 0.05) is 11.3 Å². The number of allylic oxidation sites excluding steroid dienone is 4. The highest BCUT2D eigenvalue weighted by atomic mass is 19.1. The summed E-state index contributed by atoms with van der Waals surface area (Å²) in [6.45, 7) is 7.72. The maximum atomic E-state index is 14.3. The third-order valence-electron chi connectivity index (χ3n) is 4.61. The van der Waals surface area contributed by atoms with E-state index in [1.165, 1.54) is 13.2 Å². The minimum absolute atomic E-state index is 0.0497. The molecule has 3 nitrogen and oxygen atoms in total. The first-order chi connectivity index (χ1) is 13.9. The molecule has 29 heavy (non-hydrogen) atoms. The molecule has 0 amide bonds. The average molecular weight is 399 g/mol. The molecule has 0 aromatic heterocycles. The number of hydrogen-bond acceptors (Lipinski definition) is 3. The van der Waals surface area contributed by atoms with Gasteiger partial charge in [-0.2, -0.15) is 0 Å². The van der Waals surface area contributed by atoms with Crippen molar-refractivity contribution in [3.63, 3.8) is 0 Å². The van der Waals surface area contributed by atoms with E-state index in [9.17, 15) is 13.9 Å². The molecule has 2 aromatic carbocycles. The average Bonchev–Trinajstić information content (AvgIpc) is 2.72. The number of rotatable bonds is 9. The Morgan fingerprint density at radius 1 is 1.24 bits per heavy atom. The minimum atomic E-state index is -0.468. The fourth-order valence-electron chi connectivity index (χ4n) is 3.07. The molecule has 5 heteroatoms. The normalized spacial score (nSPS) is 13.1. The molecule has 1 atom stereocenters. The third-order valence-corrected chi connectivity index (χ3v) is 4.61. The smallest absolute Gasteiger partial charge is 0.161 e. The molecule has 2 aromatic rings. The number of ether oxygens (including phenoxy) is 1. The molecule has 1 unspecified atom stereocenters. The number of phenols is 1. The van der Waals surface area contributed by atoms with Crippen LogP contribution in [0.4, 0.5) is 8.78 Å². The third kappa shape index (κ3) is 5.70. The zero-order chi connectivity index (χ0) is 21.4. The molecule has 0 bridgehead atoms. The van der Waals surface area contributed by atoms with E-state index in [2.05, 4.69) is 11.9 Å². The summed E-state index contributed by atoms with van der Waals surface area (Å²) in [5.41, 5.74) is 2.64. The zero-order valence-electron chi connectivity index (χ0n) is 17.0. The zero-order valence-corrected chi connectivity index (χ0v) is 17.0. The summed E-state index contributed by atoms with van der Waals surface area (Å²) >= 11 is 0. The van der Waals surface area contributed by atoms with Gasteiger partial charge in [-0.1, -0.05) is 38.1 Å². The number of phenolic OH excluding ortho intramolecular Hbond substituents is 1. The fourth-order valence-corrected chi connectivity index (χ4v) is 3.07. The summed E-state index contributed by atoms with van der Waals surface area (Å²) < 4.78 is 33.2. The van der Waals surface area contributed by atoms with Gasteiger partial charge in [-0.15, -0.1) is 0 Å². The SMILES string of the molecule is C=C/C(=C\C(=C/C)NC(CCC)c1cc(F)ccc1F)c1ccc(O)c(OC)c1. The van der Waals surface area contributed by atoms with E-state index in [1.807, 2.05) is 26.0 Å². The number of aromatic hydroxyl groups is 1. The Balaban J connectivity index is 2.37. The molecule has 2 rings (SSSR count). The quantitative estimate of drug-likeness (QED) is 0.487. The Labute approximate surface area is 171 Å². The van der Waals surface area contributed by atoms with Gasteiger partial charge in [0.25, 0.3) is 0 Å². The molecule has 0 saturated heterocycles. The Kier molecular flexibility index (Phi) is 8.01. The summed E-state index contributed by atoms with van der Waals surface area (Å²) in [7, 11) is 1.48. The number of hydrogen-bond donors (Lipinski definition) is 2. The molecule has 0 heterocycles. The van der Waals surface area contributed by atoms with Crippen molar-refractivity contribution >= 4 is 5.57 Å². The summed E-state index contributed by atoms with van der Waals surface area (Å²) in [6.07, 6.45) is 6.87. The predicted molar refractivity (Wildman–Crippen MR) is 114 cm³/mol. The van der Waals surface area contributed by atoms with Gasteiger partial charge in [-0.25, -0.2) is 8.78 Å². The van der Waals surface area contributed by atoms with Crippen LogP contribution >= 0.6 is 0 Å². The van der Waals surface area contributed by atoms with Crippen LogP contribution in [0.3, 0.4) is 0 Å². The highest BCUT2D eigenvalue weighted by Crippen LogP contribution is 2.30. The standard InChI is InChI=1S/C24H27F2NO2/c1-5-8-22(20-15-18(25)10-11-21(20)26)27-19(7-3)13-16(6-2)17-9-12-23(28)24(14-17)29-4/h6-7,9-15,22,27-28H,2,5,8H2,1,3-4H3/b16-13+,19-7+. The first kappa shape index (κ1) is 22.2. The van der Waals surface area contributed by atoms with Crippen molar-refractivity contribution in [2.45, 2.75) is 32.7 Å². The molecule has 0 aliphatic carbocycles. The molecule has 0 aliphatic heterocycles. The maximum absolute atomic E-state index is 14.3. The number of nitrogens with one attached hydrogen (secondary N) is 1. The van der Waals surface area contributed by atoms with Crippen LogP contribution in [-0.4, -0.2) is 12.2 Å². The fraction of sp³-hybridized carbons (Fsp3) is 0.250. The van der Waals surface area contributed by atoms with Crippen LogP contribution in [0.15, 0.2) is 66.9 Å². The molecule has 154 valence electrons. The van der Waals surface area contributed by atoms with Crippen molar-refractivity contribution in [2.24, 2.45) is 0 Å². The van der Waals surface area contributed by atoms with E-state index in [-0.39, 0.29) is 11.8 Å². The lowest BCUT2D eigenvalue weighted by molar-refractivity contribution is 0.373. The van der Waals surface area contributed by atoms with Gasteiger partial charge < -0.3 is 15.2 Å². The van der Waals surface area contributed by atoms with Gasteiger partial charge in [0.05, 0.1) is 13.2 Å². The number of benzene rings is 2. The largest absolute Gasteiger partial charge is 0.504 e. The van der Waals surface area contributed by atoms with Gasteiger partial charge in [-0.3, -0.25) is 0 Å². The van der Waals surface area contributed by atoms with Crippen molar-refractivity contribution in [2.75, 3.05) is 7.11 Å². The summed E-state index contributed by atoms with van der Waals surface area (Å²) in [6, 6.07) is 8.15. The van der Waals surface area contributed by atoms with Gasteiger partial charge in [0.2, 0.25) is 0 Å². The first-order valence-corrected chi connectivity index (χ1v) is 9.52. The van der Waals surface area contributed by atoms with E-state index < -0.39 is 11.6 Å². The Bertz CT molecular complexity index is 919. The first-order valence-electron chi connectivity index (χ1n) is 9.52. The Morgan fingerprint density at radius 3 is 2.62 bits per heavy atom. The van der Waals surface area contributed by atoms with E-state index >= 15 is 0 Å². The van der Waals surface area contributed by atoms with Crippen LogP contribution in [0.2, 0.25) is 0 Å². The second-order valence-corrected chi connectivity index (χ2v) is 6.59. The van der Waals surface area contributed by atoms with Crippen LogP contribution in [0.5, 0.6) is 11.5 Å². The van der Waals surface area contributed by atoms with Crippen molar-refractivity contribution in [3.8, 4) is 11.5 Å². The van der Waals surface area contributed by atoms with Crippen molar-refractivity contribution in [1.29, 1.82) is 0 Å². The van der Waals surface area contributed by atoms with Crippen LogP contribution in [0, 0.1) is 11.6 Å². The van der Waals surface area contributed by atoms with Gasteiger partial charge in [0.15, 0.2) is 11.5 Å². The van der Waals surface area contributed by atoms with Crippen LogP contribution in [0.1, 0.15) is 43.9 Å².